The minimum Gasteiger partial charge on any atom is -0.397 e. The van der Waals surface area contributed by atoms with Gasteiger partial charge in [0, 0.05) is 26.8 Å². The zero-order chi connectivity index (χ0) is 12.3. The maximum absolute atomic E-state index is 13.0. The Morgan fingerprint density at radius 1 is 1.41 bits per heavy atom. The van der Waals surface area contributed by atoms with Crippen LogP contribution in [0.1, 0.15) is 12.8 Å². The summed E-state index contributed by atoms with van der Waals surface area (Å²) in [5, 5.41) is 0. The fourth-order valence-electron chi connectivity index (χ4n) is 2.39. The Hall–Kier alpha value is -1.29. The Morgan fingerprint density at radius 3 is 2.71 bits per heavy atom. The molecule has 4 heteroatoms. The topological polar surface area (TPSA) is 38.5 Å². The van der Waals surface area contributed by atoms with Gasteiger partial charge in [-0.05, 0) is 37.0 Å². The van der Waals surface area contributed by atoms with Crippen molar-refractivity contribution in [2.75, 3.05) is 37.4 Å². The molecule has 2 N–H and O–H groups in total. The maximum atomic E-state index is 13.0. The molecule has 0 unspecified atom stereocenters. The molecular formula is C13H19FN2O. The first-order valence-corrected chi connectivity index (χ1v) is 5.99. The fourth-order valence-corrected chi connectivity index (χ4v) is 2.39. The molecule has 0 aliphatic carbocycles. The molecule has 1 aliphatic heterocycles. The van der Waals surface area contributed by atoms with E-state index in [-0.39, 0.29) is 5.82 Å². The van der Waals surface area contributed by atoms with Crippen LogP contribution in [0, 0.1) is 11.7 Å². The van der Waals surface area contributed by atoms with Crippen molar-refractivity contribution in [2.45, 2.75) is 12.8 Å². The number of hydrogen-bond acceptors (Lipinski definition) is 3. The zero-order valence-corrected chi connectivity index (χ0v) is 10.2. The van der Waals surface area contributed by atoms with Gasteiger partial charge in [0.25, 0.3) is 0 Å². The second kappa shape index (κ2) is 5.36. The molecular weight excluding hydrogens is 219 g/mol. The number of nitrogens with zero attached hydrogens (tertiary/aromatic N) is 1. The van der Waals surface area contributed by atoms with Gasteiger partial charge in [-0.3, -0.25) is 0 Å². The van der Waals surface area contributed by atoms with Crippen molar-refractivity contribution in [1.29, 1.82) is 0 Å². The Morgan fingerprint density at radius 2 is 2.12 bits per heavy atom. The minimum absolute atomic E-state index is 0.277. The van der Waals surface area contributed by atoms with Crippen LogP contribution in [-0.2, 0) is 4.74 Å². The van der Waals surface area contributed by atoms with Crippen LogP contribution in [0.4, 0.5) is 15.8 Å². The van der Waals surface area contributed by atoms with E-state index in [0.29, 0.717) is 11.6 Å². The summed E-state index contributed by atoms with van der Waals surface area (Å²) in [7, 11) is 1.74. The molecule has 3 nitrogen and oxygen atoms in total. The average molecular weight is 238 g/mol. The minimum atomic E-state index is -0.277. The monoisotopic (exact) mass is 238 g/mol. The van der Waals surface area contributed by atoms with Crippen molar-refractivity contribution in [1.82, 2.24) is 0 Å². The van der Waals surface area contributed by atoms with Crippen LogP contribution in [-0.4, -0.2) is 26.8 Å². The van der Waals surface area contributed by atoms with Crippen molar-refractivity contribution in [2.24, 2.45) is 5.92 Å². The molecule has 0 amide bonds. The Bertz CT molecular complexity index is 376. The molecule has 2 rings (SSSR count). The first-order chi connectivity index (χ1) is 8.20. The summed E-state index contributed by atoms with van der Waals surface area (Å²) in [6.45, 7) is 2.75. The number of piperidine rings is 1. The van der Waals surface area contributed by atoms with E-state index >= 15 is 0 Å². The normalized spacial score (nSPS) is 17.4. The molecule has 0 saturated carbocycles. The van der Waals surface area contributed by atoms with E-state index in [9.17, 15) is 4.39 Å². The largest absolute Gasteiger partial charge is 0.397 e. The summed E-state index contributed by atoms with van der Waals surface area (Å²) in [6, 6.07) is 4.62. The summed E-state index contributed by atoms with van der Waals surface area (Å²) >= 11 is 0. The van der Waals surface area contributed by atoms with Gasteiger partial charge in [-0.15, -0.1) is 0 Å². The second-order valence-corrected chi connectivity index (χ2v) is 4.59. The predicted octanol–water partition coefficient (Wildman–Crippen LogP) is 2.27. The van der Waals surface area contributed by atoms with Crippen LogP contribution in [0.2, 0.25) is 0 Å². The van der Waals surface area contributed by atoms with Crippen LogP contribution in [0.3, 0.4) is 0 Å². The summed E-state index contributed by atoms with van der Waals surface area (Å²) < 4.78 is 18.1. The van der Waals surface area contributed by atoms with Crippen molar-refractivity contribution >= 4 is 11.4 Å². The molecule has 0 spiro atoms. The lowest BCUT2D eigenvalue weighted by atomic mass is 9.97. The third kappa shape index (κ3) is 2.88. The van der Waals surface area contributed by atoms with Crippen molar-refractivity contribution < 1.29 is 9.13 Å². The molecule has 17 heavy (non-hydrogen) atoms. The van der Waals surface area contributed by atoms with Crippen LogP contribution < -0.4 is 10.6 Å². The molecule has 1 fully saturated rings. The molecule has 1 aliphatic rings. The molecule has 1 aromatic carbocycles. The van der Waals surface area contributed by atoms with E-state index in [0.717, 1.165) is 38.2 Å². The Kier molecular flexibility index (Phi) is 3.84. The highest BCUT2D eigenvalue weighted by molar-refractivity contribution is 5.67. The van der Waals surface area contributed by atoms with E-state index in [1.165, 1.54) is 12.1 Å². The van der Waals surface area contributed by atoms with Gasteiger partial charge in [-0.2, -0.15) is 0 Å². The van der Waals surface area contributed by atoms with Gasteiger partial charge in [0.2, 0.25) is 0 Å². The molecule has 0 atom stereocenters. The number of methoxy groups -OCH3 is 1. The summed E-state index contributed by atoms with van der Waals surface area (Å²) in [5.41, 5.74) is 7.31. The number of nitrogen functional groups attached to an aromatic ring is 1. The van der Waals surface area contributed by atoms with Gasteiger partial charge in [0.1, 0.15) is 5.82 Å². The fraction of sp³-hybridized carbons (Fsp3) is 0.538. The van der Waals surface area contributed by atoms with Crippen molar-refractivity contribution in [3.05, 3.63) is 24.0 Å². The first-order valence-electron chi connectivity index (χ1n) is 5.99. The molecule has 1 saturated heterocycles. The highest BCUT2D eigenvalue weighted by Gasteiger charge is 2.20. The average Bonchev–Trinajstić information content (AvgIpc) is 2.31. The predicted molar refractivity (Wildman–Crippen MR) is 67.6 cm³/mol. The van der Waals surface area contributed by atoms with Gasteiger partial charge in [0.15, 0.2) is 0 Å². The molecule has 1 heterocycles. The molecule has 0 bridgehead atoms. The Labute approximate surface area is 101 Å². The highest BCUT2D eigenvalue weighted by atomic mass is 19.1. The van der Waals surface area contributed by atoms with Crippen molar-refractivity contribution in [3.8, 4) is 0 Å². The first kappa shape index (κ1) is 12.2. The molecule has 0 radical (unpaired) electrons. The molecule has 1 aromatic rings. The highest BCUT2D eigenvalue weighted by Crippen LogP contribution is 2.28. The Balaban J connectivity index is 2.00. The SMILES string of the molecule is COCC1CCN(c2ccc(F)cc2N)CC1. The molecule has 94 valence electrons. The number of hydrogen-bond donors (Lipinski definition) is 1. The zero-order valence-electron chi connectivity index (χ0n) is 10.2. The molecule has 0 aromatic heterocycles. The number of ether oxygens (including phenoxy) is 1. The van der Waals surface area contributed by atoms with Crippen molar-refractivity contribution in [3.63, 3.8) is 0 Å². The van der Waals surface area contributed by atoms with Crippen LogP contribution in [0.25, 0.3) is 0 Å². The summed E-state index contributed by atoms with van der Waals surface area (Å²) in [6.07, 6.45) is 2.20. The lowest BCUT2D eigenvalue weighted by Crippen LogP contribution is -2.35. The van der Waals surface area contributed by atoms with Crippen LogP contribution in [0.5, 0.6) is 0 Å². The number of anilines is 2. The van der Waals surface area contributed by atoms with Crippen LogP contribution in [0.15, 0.2) is 18.2 Å². The quantitative estimate of drug-likeness (QED) is 0.821. The van der Waals surface area contributed by atoms with E-state index in [2.05, 4.69) is 4.90 Å². The number of rotatable bonds is 3. The van der Waals surface area contributed by atoms with E-state index < -0.39 is 0 Å². The summed E-state index contributed by atoms with van der Waals surface area (Å²) in [5.74, 6) is 0.360. The van der Waals surface area contributed by atoms with E-state index in [1.54, 1.807) is 13.2 Å². The van der Waals surface area contributed by atoms with Gasteiger partial charge in [0.05, 0.1) is 11.4 Å². The van der Waals surface area contributed by atoms with Gasteiger partial charge in [-0.25, -0.2) is 4.39 Å². The van der Waals surface area contributed by atoms with E-state index in [1.807, 2.05) is 0 Å². The number of halogens is 1. The number of nitrogens with two attached hydrogens (primary N) is 1. The third-order valence-electron chi connectivity index (χ3n) is 3.35. The van der Waals surface area contributed by atoms with Gasteiger partial charge < -0.3 is 15.4 Å². The smallest absolute Gasteiger partial charge is 0.125 e. The second-order valence-electron chi connectivity index (χ2n) is 4.59. The van der Waals surface area contributed by atoms with Crippen LogP contribution >= 0.6 is 0 Å². The lowest BCUT2D eigenvalue weighted by Gasteiger charge is -2.34. The standard InChI is InChI=1S/C13H19FN2O/c1-17-9-10-4-6-16(7-5-10)13-3-2-11(14)8-12(13)15/h2-3,8,10H,4-7,9,15H2,1H3. The number of benzene rings is 1. The summed E-state index contributed by atoms with van der Waals surface area (Å²) in [4.78, 5) is 2.22. The maximum Gasteiger partial charge on any atom is 0.125 e. The third-order valence-corrected chi connectivity index (χ3v) is 3.35. The van der Waals surface area contributed by atoms with Gasteiger partial charge >= 0.3 is 0 Å². The van der Waals surface area contributed by atoms with E-state index in [4.69, 9.17) is 10.5 Å². The van der Waals surface area contributed by atoms with Gasteiger partial charge in [-0.1, -0.05) is 0 Å². The lowest BCUT2D eigenvalue weighted by molar-refractivity contribution is 0.139.